The fraction of sp³-hybridized carbons (Fsp3) is 0.571. The van der Waals surface area contributed by atoms with Crippen LogP contribution in [0.15, 0.2) is 28.7 Å². The summed E-state index contributed by atoms with van der Waals surface area (Å²) in [5, 5.41) is 3.63. The molecule has 18 heavy (non-hydrogen) atoms. The minimum Gasteiger partial charge on any atom is -0.370 e. The standard InChI is InChI=1S/C14H22BrN3/c1-17(2)10-13-11-18(8-4-7-16-13)14-6-3-5-12(15)9-14/h3,5-6,9,13,16H,4,7-8,10-11H2,1-2H3. The Morgan fingerprint density at radius 2 is 2.28 bits per heavy atom. The van der Waals surface area contributed by atoms with Crippen molar-refractivity contribution in [1.29, 1.82) is 0 Å². The van der Waals surface area contributed by atoms with Gasteiger partial charge in [0.05, 0.1) is 0 Å². The fourth-order valence-corrected chi connectivity index (χ4v) is 2.86. The van der Waals surface area contributed by atoms with Gasteiger partial charge in [0.1, 0.15) is 0 Å². The molecule has 1 N–H and O–H groups in total. The van der Waals surface area contributed by atoms with Crippen LogP contribution in [0.5, 0.6) is 0 Å². The molecule has 1 heterocycles. The zero-order valence-electron chi connectivity index (χ0n) is 11.2. The van der Waals surface area contributed by atoms with E-state index in [0.717, 1.165) is 30.7 Å². The van der Waals surface area contributed by atoms with Crippen molar-refractivity contribution in [2.24, 2.45) is 0 Å². The molecule has 0 saturated carbocycles. The third-order valence-electron chi connectivity index (χ3n) is 3.24. The maximum atomic E-state index is 3.63. The average Bonchev–Trinajstić information content (AvgIpc) is 2.54. The molecule has 0 aliphatic carbocycles. The van der Waals surface area contributed by atoms with Crippen LogP contribution in [0.25, 0.3) is 0 Å². The Labute approximate surface area is 118 Å². The van der Waals surface area contributed by atoms with Gasteiger partial charge in [-0.2, -0.15) is 0 Å². The quantitative estimate of drug-likeness (QED) is 0.923. The molecular weight excluding hydrogens is 290 g/mol. The summed E-state index contributed by atoms with van der Waals surface area (Å²) in [6.45, 7) is 4.41. The normalized spacial score (nSPS) is 21.1. The predicted molar refractivity (Wildman–Crippen MR) is 81.3 cm³/mol. The third-order valence-corrected chi connectivity index (χ3v) is 3.73. The second kappa shape index (κ2) is 6.55. The lowest BCUT2D eigenvalue weighted by atomic mass is 10.2. The van der Waals surface area contributed by atoms with Gasteiger partial charge in [-0.3, -0.25) is 0 Å². The largest absolute Gasteiger partial charge is 0.370 e. The van der Waals surface area contributed by atoms with Crippen LogP contribution in [0.2, 0.25) is 0 Å². The smallest absolute Gasteiger partial charge is 0.0378 e. The number of halogens is 1. The summed E-state index contributed by atoms with van der Waals surface area (Å²) in [6, 6.07) is 9.14. The second-order valence-electron chi connectivity index (χ2n) is 5.19. The molecule has 100 valence electrons. The number of rotatable bonds is 3. The van der Waals surface area contributed by atoms with Gasteiger partial charge in [0.2, 0.25) is 0 Å². The Hall–Kier alpha value is -0.580. The third kappa shape index (κ3) is 3.97. The lowest BCUT2D eigenvalue weighted by Gasteiger charge is -2.28. The van der Waals surface area contributed by atoms with Gasteiger partial charge in [-0.1, -0.05) is 22.0 Å². The van der Waals surface area contributed by atoms with Gasteiger partial charge < -0.3 is 15.1 Å². The molecule has 1 aliphatic heterocycles. The van der Waals surface area contributed by atoms with Gasteiger partial charge >= 0.3 is 0 Å². The second-order valence-corrected chi connectivity index (χ2v) is 6.11. The lowest BCUT2D eigenvalue weighted by Crippen LogP contribution is -2.44. The average molecular weight is 312 g/mol. The van der Waals surface area contributed by atoms with E-state index < -0.39 is 0 Å². The van der Waals surface area contributed by atoms with Gasteiger partial charge in [-0.05, 0) is 45.3 Å². The molecule has 1 saturated heterocycles. The zero-order valence-corrected chi connectivity index (χ0v) is 12.8. The summed E-state index contributed by atoms with van der Waals surface area (Å²) < 4.78 is 1.15. The molecule has 1 atom stereocenters. The highest BCUT2D eigenvalue weighted by atomic mass is 79.9. The lowest BCUT2D eigenvalue weighted by molar-refractivity contribution is 0.346. The Morgan fingerprint density at radius 1 is 1.44 bits per heavy atom. The summed E-state index contributed by atoms with van der Waals surface area (Å²) in [7, 11) is 4.27. The van der Waals surface area contributed by atoms with Crippen molar-refractivity contribution in [3.05, 3.63) is 28.7 Å². The van der Waals surface area contributed by atoms with Crippen molar-refractivity contribution >= 4 is 21.6 Å². The van der Waals surface area contributed by atoms with Crippen molar-refractivity contribution in [3.63, 3.8) is 0 Å². The maximum absolute atomic E-state index is 3.63. The Morgan fingerprint density at radius 3 is 3.00 bits per heavy atom. The van der Waals surface area contributed by atoms with Crippen LogP contribution < -0.4 is 10.2 Å². The molecular formula is C14H22BrN3. The Bertz CT molecular complexity index is 381. The molecule has 0 amide bonds. The van der Waals surface area contributed by atoms with Crippen LogP contribution in [-0.2, 0) is 0 Å². The number of likely N-dealkylation sites (N-methyl/N-ethyl adjacent to an activating group) is 1. The number of anilines is 1. The van der Waals surface area contributed by atoms with Gasteiger partial charge in [-0.15, -0.1) is 0 Å². The van der Waals surface area contributed by atoms with E-state index in [-0.39, 0.29) is 0 Å². The molecule has 1 unspecified atom stereocenters. The zero-order chi connectivity index (χ0) is 13.0. The number of benzene rings is 1. The van der Waals surface area contributed by atoms with Gasteiger partial charge in [0, 0.05) is 35.8 Å². The summed E-state index contributed by atoms with van der Waals surface area (Å²) in [5.41, 5.74) is 1.32. The number of hydrogen-bond acceptors (Lipinski definition) is 3. The maximum Gasteiger partial charge on any atom is 0.0378 e. The molecule has 4 heteroatoms. The molecule has 0 spiro atoms. The first-order valence-electron chi connectivity index (χ1n) is 6.54. The van der Waals surface area contributed by atoms with Crippen LogP contribution in [0.3, 0.4) is 0 Å². The first-order chi connectivity index (χ1) is 8.65. The predicted octanol–water partition coefficient (Wildman–Crippen LogP) is 2.18. The Balaban J connectivity index is 2.07. The van der Waals surface area contributed by atoms with Gasteiger partial charge in [0.15, 0.2) is 0 Å². The molecule has 2 rings (SSSR count). The van der Waals surface area contributed by atoms with Crippen LogP contribution in [0, 0.1) is 0 Å². The van der Waals surface area contributed by atoms with Crippen LogP contribution >= 0.6 is 15.9 Å². The van der Waals surface area contributed by atoms with E-state index in [1.54, 1.807) is 0 Å². The van der Waals surface area contributed by atoms with Crippen LogP contribution in [0.1, 0.15) is 6.42 Å². The van der Waals surface area contributed by atoms with E-state index in [1.807, 2.05) is 0 Å². The van der Waals surface area contributed by atoms with Crippen molar-refractivity contribution < 1.29 is 0 Å². The number of nitrogens with one attached hydrogen (secondary N) is 1. The molecule has 0 bridgehead atoms. The highest BCUT2D eigenvalue weighted by Crippen LogP contribution is 2.21. The molecule has 1 aromatic carbocycles. The molecule has 1 fully saturated rings. The van der Waals surface area contributed by atoms with Gasteiger partial charge in [-0.25, -0.2) is 0 Å². The molecule has 1 aromatic rings. The minimum atomic E-state index is 0.543. The topological polar surface area (TPSA) is 18.5 Å². The van der Waals surface area contributed by atoms with E-state index in [0.29, 0.717) is 6.04 Å². The summed E-state index contributed by atoms with van der Waals surface area (Å²) >= 11 is 3.55. The molecule has 0 radical (unpaired) electrons. The monoisotopic (exact) mass is 311 g/mol. The van der Waals surface area contributed by atoms with Crippen molar-refractivity contribution in [2.45, 2.75) is 12.5 Å². The SMILES string of the molecule is CN(C)CC1CN(c2cccc(Br)c2)CCCN1. The highest BCUT2D eigenvalue weighted by Gasteiger charge is 2.18. The summed E-state index contributed by atoms with van der Waals surface area (Å²) in [6.07, 6.45) is 1.20. The van der Waals surface area contributed by atoms with E-state index in [1.165, 1.54) is 12.1 Å². The first kappa shape index (κ1) is 13.8. The van der Waals surface area contributed by atoms with Crippen molar-refractivity contribution in [3.8, 4) is 0 Å². The summed E-state index contributed by atoms with van der Waals surface area (Å²) in [4.78, 5) is 4.74. The minimum absolute atomic E-state index is 0.543. The van der Waals surface area contributed by atoms with Crippen LogP contribution in [0.4, 0.5) is 5.69 Å². The van der Waals surface area contributed by atoms with E-state index in [2.05, 4.69) is 69.4 Å². The van der Waals surface area contributed by atoms with Crippen LogP contribution in [-0.4, -0.2) is 51.2 Å². The molecule has 3 nitrogen and oxygen atoms in total. The fourth-order valence-electron chi connectivity index (χ4n) is 2.47. The van der Waals surface area contributed by atoms with E-state index in [4.69, 9.17) is 0 Å². The van der Waals surface area contributed by atoms with Gasteiger partial charge in [0.25, 0.3) is 0 Å². The molecule has 1 aliphatic rings. The van der Waals surface area contributed by atoms with Crippen molar-refractivity contribution in [2.75, 3.05) is 45.2 Å². The molecule has 0 aromatic heterocycles. The summed E-state index contributed by atoms with van der Waals surface area (Å²) in [5.74, 6) is 0. The van der Waals surface area contributed by atoms with Crippen molar-refractivity contribution in [1.82, 2.24) is 10.2 Å². The Kier molecular flexibility index (Phi) is 5.03. The number of nitrogens with zero attached hydrogens (tertiary/aromatic N) is 2. The number of hydrogen-bond donors (Lipinski definition) is 1. The first-order valence-corrected chi connectivity index (χ1v) is 7.33. The highest BCUT2D eigenvalue weighted by molar-refractivity contribution is 9.10. The van der Waals surface area contributed by atoms with E-state index >= 15 is 0 Å². The van der Waals surface area contributed by atoms with E-state index in [9.17, 15) is 0 Å².